The molecule has 0 radical (unpaired) electrons. The quantitative estimate of drug-likeness (QED) is 0.142. The van der Waals surface area contributed by atoms with Gasteiger partial charge in [0.05, 0.1) is 5.48 Å². The van der Waals surface area contributed by atoms with Crippen molar-refractivity contribution in [2.45, 2.75) is 104 Å². The van der Waals surface area contributed by atoms with Crippen molar-refractivity contribution in [3.63, 3.8) is 0 Å². The van der Waals surface area contributed by atoms with Crippen molar-refractivity contribution in [1.29, 1.82) is 0 Å². The molecule has 1 aliphatic heterocycles. The van der Waals surface area contributed by atoms with Crippen LogP contribution in [-0.4, -0.2) is 9.55 Å². The molecule has 0 spiro atoms. The van der Waals surface area contributed by atoms with Gasteiger partial charge in [-0.15, -0.1) is 48.1 Å². The van der Waals surface area contributed by atoms with E-state index in [1.807, 2.05) is 36.4 Å². The van der Waals surface area contributed by atoms with Gasteiger partial charge in [-0.3, -0.25) is 0 Å². The van der Waals surface area contributed by atoms with Crippen molar-refractivity contribution in [1.82, 2.24) is 9.55 Å². The molecule has 384 valence electrons. The Bertz CT molecular complexity index is 4060. The van der Waals surface area contributed by atoms with Crippen LogP contribution >= 0.6 is 0 Å². The predicted molar refractivity (Wildman–Crippen MR) is 313 cm³/mol. The molecule has 0 atom stereocenters. The van der Waals surface area contributed by atoms with E-state index >= 15 is 0 Å². The van der Waals surface area contributed by atoms with Gasteiger partial charge in [0.25, 0.3) is 0 Å². The van der Waals surface area contributed by atoms with E-state index in [-0.39, 0.29) is 66.9 Å². The zero-order chi connectivity index (χ0) is 55.5. The molecule has 5 nitrogen and oxygen atoms in total. The largest absolute Gasteiger partial charge is 0.509 e. The minimum absolute atomic E-state index is 0. The summed E-state index contributed by atoms with van der Waals surface area (Å²) < 4.78 is 43.9. The zero-order valence-corrected chi connectivity index (χ0v) is 47.3. The van der Waals surface area contributed by atoms with E-state index in [0.29, 0.717) is 39.1 Å². The van der Waals surface area contributed by atoms with Crippen molar-refractivity contribution in [3.8, 4) is 50.7 Å². The number of nitrogens with zero attached hydrogens (tertiary/aromatic N) is 4. The Hall–Kier alpha value is -7.20. The smallest absolute Gasteiger partial charge is 0.135 e. The zero-order valence-electron chi connectivity index (χ0n) is 49.0. The Morgan fingerprint density at radius 2 is 1.18 bits per heavy atom. The maximum atomic E-state index is 9.13. The van der Waals surface area contributed by atoms with Gasteiger partial charge in [-0.25, -0.2) is 4.98 Å². The van der Waals surface area contributed by atoms with Crippen LogP contribution in [0.5, 0.6) is 11.5 Å². The summed E-state index contributed by atoms with van der Waals surface area (Å²) in [4.78, 5) is 9.32. The number of hydrogen-bond donors (Lipinski definition) is 0. The van der Waals surface area contributed by atoms with Crippen molar-refractivity contribution in [2.24, 2.45) is 0 Å². The van der Waals surface area contributed by atoms with Gasteiger partial charge in [-0.1, -0.05) is 178 Å². The van der Waals surface area contributed by atoms with Crippen LogP contribution in [0.3, 0.4) is 0 Å². The number of pyridine rings is 1. The van der Waals surface area contributed by atoms with E-state index in [2.05, 4.69) is 207 Å². The van der Waals surface area contributed by atoms with Gasteiger partial charge < -0.3 is 19.1 Å². The van der Waals surface area contributed by atoms with E-state index in [9.17, 15) is 0 Å². The molecule has 2 aromatic heterocycles. The van der Waals surface area contributed by atoms with Crippen molar-refractivity contribution >= 4 is 44.6 Å². The molecule has 2 aliphatic rings. The summed E-state index contributed by atoms with van der Waals surface area (Å²) in [5, 5.41) is 1.01. The molecular formula is C70H65N4OPt-3. The van der Waals surface area contributed by atoms with Crippen LogP contribution in [0.4, 0.5) is 22.7 Å². The molecule has 0 bridgehead atoms. The Morgan fingerprint density at radius 1 is 0.566 bits per heavy atom. The SMILES string of the molecule is [2H]c1c([2H])c([2H])c2c(c1[2H])c1ccc(Oc3[c-]c(N4[CH-]N(c5c(-c6ccc(-c7ccccc7)cc6)cc(C(C)(C)C)cc5-c5ccc6c(c5)C(C)(C)CCC6(C)C)c5ccccc54)ccc3)[c-]c1n2-c1cc(C(C)(C)C)ccn1.[Pt]. The number of para-hydroxylation sites is 3. The van der Waals surface area contributed by atoms with Gasteiger partial charge in [0.2, 0.25) is 0 Å². The van der Waals surface area contributed by atoms with Crippen LogP contribution < -0.4 is 14.5 Å². The number of rotatable bonds is 8. The number of anilines is 4. The molecule has 0 saturated carbocycles. The van der Waals surface area contributed by atoms with Gasteiger partial charge in [0.15, 0.2) is 0 Å². The van der Waals surface area contributed by atoms with E-state index in [1.54, 1.807) is 16.8 Å². The molecule has 10 aromatic rings. The molecule has 12 rings (SSSR count). The average molecular weight is 1180 g/mol. The summed E-state index contributed by atoms with van der Waals surface area (Å²) in [5.41, 5.74) is 16.5. The van der Waals surface area contributed by atoms with Crippen LogP contribution in [-0.2, 0) is 42.7 Å². The summed E-state index contributed by atoms with van der Waals surface area (Å²) in [6, 6.07) is 59.9. The van der Waals surface area contributed by atoms with Crippen LogP contribution in [0.2, 0.25) is 0 Å². The van der Waals surface area contributed by atoms with Crippen molar-refractivity contribution in [2.75, 3.05) is 9.80 Å². The molecule has 3 heterocycles. The number of ether oxygens (including phenoxy) is 1. The van der Waals surface area contributed by atoms with Crippen LogP contribution in [0.1, 0.15) is 110 Å². The fourth-order valence-corrected chi connectivity index (χ4v) is 11.2. The van der Waals surface area contributed by atoms with E-state index in [4.69, 9.17) is 15.2 Å². The van der Waals surface area contributed by atoms with Crippen LogP contribution in [0.25, 0.3) is 61.0 Å². The first-order chi connectivity index (χ1) is 37.6. The van der Waals surface area contributed by atoms with Gasteiger partial charge >= 0.3 is 0 Å². The third-order valence-electron chi connectivity index (χ3n) is 15.7. The van der Waals surface area contributed by atoms with Crippen molar-refractivity contribution < 1.29 is 31.3 Å². The second kappa shape index (κ2) is 19.1. The number of fused-ring (bicyclic) bond motifs is 5. The molecule has 8 aromatic carbocycles. The van der Waals surface area contributed by atoms with Gasteiger partial charge in [-0.2, -0.15) is 12.1 Å². The third kappa shape index (κ3) is 9.15. The number of benzene rings is 8. The first-order valence-corrected chi connectivity index (χ1v) is 26.2. The summed E-state index contributed by atoms with van der Waals surface area (Å²) in [6.45, 7) is 25.1. The first-order valence-electron chi connectivity index (χ1n) is 28.2. The van der Waals surface area contributed by atoms with Gasteiger partial charge in [0.1, 0.15) is 5.82 Å². The van der Waals surface area contributed by atoms with Gasteiger partial charge in [-0.05, 0) is 127 Å². The molecule has 1 aliphatic carbocycles. The van der Waals surface area contributed by atoms with E-state index in [0.717, 1.165) is 63.4 Å². The molecule has 0 fully saturated rings. The standard InChI is InChI=1S/C70H65N4O.Pt/c1-67(2,3)50-35-38-71-65(42-50)74-61-24-15-14-23-55(61)56-33-32-54(44-64(56)74)75-53-22-18-21-52(43-53)72-45-73(63-26-17-16-25-62(63)72)66-57(48-29-27-47(28-30-48)46-19-12-11-13-20-46)40-51(68(4,5)6)41-58(66)49-31-34-59-60(39-49)70(9,10)37-36-69(59,7)8;/h11-35,38-42,45H,36-37H2,1-10H3;/q-3;/i14D,15D,23D,24D;. The Morgan fingerprint density at radius 3 is 1.91 bits per heavy atom. The molecule has 0 saturated heterocycles. The predicted octanol–water partition coefficient (Wildman–Crippen LogP) is 18.9. The molecule has 0 N–H and O–H groups in total. The Balaban J connectivity index is 0.00000675. The fraction of sp³-hybridized carbons (Fsp3) is 0.229. The summed E-state index contributed by atoms with van der Waals surface area (Å²) in [6.07, 6.45) is 4.01. The van der Waals surface area contributed by atoms with Crippen LogP contribution in [0.15, 0.2) is 182 Å². The molecule has 6 heteroatoms. The average Bonchev–Trinajstić information content (AvgIpc) is 4.18. The Labute approximate surface area is 470 Å². The minimum atomic E-state index is -0.311. The second-order valence-corrected chi connectivity index (χ2v) is 23.8. The monoisotopic (exact) mass is 1180 g/mol. The fourth-order valence-electron chi connectivity index (χ4n) is 11.2. The summed E-state index contributed by atoms with van der Waals surface area (Å²) in [5.74, 6) is 1.38. The third-order valence-corrected chi connectivity index (χ3v) is 15.7. The van der Waals surface area contributed by atoms with Crippen LogP contribution in [0, 0.1) is 18.8 Å². The second-order valence-electron chi connectivity index (χ2n) is 23.8. The molecule has 76 heavy (non-hydrogen) atoms. The normalized spacial score (nSPS) is 15.6. The van der Waals surface area contributed by atoms with Crippen molar-refractivity contribution in [3.05, 3.63) is 223 Å². The number of aromatic nitrogens is 2. The molecule has 0 unspecified atom stereocenters. The summed E-state index contributed by atoms with van der Waals surface area (Å²) in [7, 11) is 0. The van der Waals surface area contributed by atoms with E-state index in [1.165, 1.54) is 27.8 Å². The molecule has 0 amide bonds. The summed E-state index contributed by atoms with van der Waals surface area (Å²) >= 11 is 0. The minimum Gasteiger partial charge on any atom is -0.509 e. The topological polar surface area (TPSA) is 33.5 Å². The first kappa shape index (κ1) is 46.1. The van der Waals surface area contributed by atoms with E-state index < -0.39 is 0 Å². The Kier molecular flexibility index (Phi) is 11.6. The van der Waals surface area contributed by atoms with Gasteiger partial charge in [0, 0.05) is 72.5 Å². The maximum absolute atomic E-state index is 9.13. The number of hydrogen-bond acceptors (Lipinski definition) is 4. The molecular weight excluding hydrogens is 1110 g/mol. The maximum Gasteiger partial charge on any atom is 0.135 e.